The maximum absolute atomic E-state index is 12.2. The SMILES string of the molecule is O=C(NCc1ccccc1)c1ccc(Nc2cc(Cl)cc(Cl)c2)nc1. The van der Waals surface area contributed by atoms with E-state index < -0.39 is 0 Å². The highest BCUT2D eigenvalue weighted by Crippen LogP contribution is 2.24. The van der Waals surface area contributed by atoms with Crippen LogP contribution in [0, 0.1) is 0 Å². The van der Waals surface area contributed by atoms with Gasteiger partial charge in [-0.05, 0) is 35.9 Å². The zero-order chi connectivity index (χ0) is 17.6. The molecule has 0 aliphatic carbocycles. The maximum Gasteiger partial charge on any atom is 0.253 e. The van der Waals surface area contributed by atoms with E-state index in [4.69, 9.17) is 23.2 Å². The predicted octanol–water partition coefficient (Wildman–Crippen LogP) is 5.06. The Balaban J connectivity index is 1.62. The molecule has 0 saturated heterocycles. The average molecular weight is 372 g/mol. The molecule has 3 aromatic rings. The number of anilines is 2. The number of carbonyl (C=O) groups excluding carboxylic acids is 1. The molecule has 25 heavy (non-hydrogen) atoms. The van der Waals surface area contributed by atoms with Crippen LogP contribution in [0.25, 0.3) is 0 Å². The molecule has 1 aromatic heterocycles. The Bertz CT molecular complexity index is 847. The molecular weight excluding hydrogens is 357 g/mol. The molecule has 1 heterocycles. The van der Waals surface area contributed by atoms with Gasteiger partial charge in [-0.1, -0.05) is 53.5 Å². The number of benzene rings is 2. The summed E-state index contributed by atoms with van der Waals surface area (Å²) in [7, 11) is 0. The lowest BCUT2D eigenvalue weighted by molar-refractivity contribution is 0.0950. The molecule has 0 bridgehead atoms. The van der Waals surface area contributed by atoms with Crippen LogP contribution in [0.1, 0.15) is 15.9 Å². The van der Waals surface area contributed by atoms with Crippen LogP contribution in [-0.4, -0.2) is 10.9 Å². The Morgan fingerprint density at radius 1 is 0.960 bits per heavy atom. The summed E-state index contributed by atoms with van der Waals surface area (Å²) in [5.41, 5.74) is 2.26. The number of amides is 1. The molecule has 0 saturated carbocycles. The highest BCUT2D eigenvalue weighted by Gasteiger charge is 2.06. The van der Waals surface area contributed by atoms with Gasteiger partial charge in [-0.15, -0.1) is 0 Å². The highest BCUT2D eigenvalue weighted by atomic mass is 35.5. The van der Waals surface area contributed by atoms with E-state index in [0.29, 0.717) is 28.0 Å². The van der Waals surface area contributed by atoms with E-state index in [2.05, 4.69) is 15.6 Å². The monoisotopic (exact) mass is 371 g/mol. The Morgan fingerprint density at radius 3 is 2.32 bits per heavy atom. The number of carbonyl (C=O) groups is 1. The molecule has 0 fully saturated rings. The molecule has 0 atom stereocenters. The van der Waals surface area contributed by atoms with Crippen molar-refractivity contribution < 1.29 is 4.79 Å². The van der Waals surface area contributed by atoms with Crippen molar-refractivity contribution in [3.05, 3.63) is 88.0 Å². The van der Waals surface area contributed by atoms with Gasteiger partial charge in [0.25, 0.3) is 5.91 Å². The van der Waals surface area contributed by atoms with Gasteiger partial charge in [0.1, 0.15) is 5.82 Å². The fraction of sp³-hybridized carbons (Fsp3) is 0.0526. The van der Waals surface area contributed by atoms with Crippen molar-refractivity contribution in [2.75, 3.05) is 5.32 Å². The summed E-state index contributed by atoms with van der Waals surface area (Å²) in [6.45, 7) is 0.473. The van der Waals surface area contributed by atoms with Crippen LogP contribution in [0.15, 0.2) is 66.9 Å². The highest BCUT2D eigenvalue weighted by molar-refractivity contribution is 6.35. The maximum atomic E-state index is 12.2. The van der Waals surface area contributed by atoms with Gasteiger partial charge in [-0.25, -0.2) is 4.98 Å². The molecule has 2 N–H and O–H groups in total. The third kappa shape index (κ3) is 4.95. The number of aromatic nitrogens is 1. The van der Waals surface area contributed by atoms with Crippen molar-refractivity contribution in [3.63, 3.8) is 0 Å². The second-order valence-electron chi connectivity index (χ2n) is 5.38. The minimum atomic E-state index is -0.172. The zero-order valence-electron chi connectivity index (χ0n) is 13.2. The predicted molar refractivity (Wildman–Crippen MR) is 102 cm³/mol. The summed E-state index contributed by atoms with van der Waals surface area (Å²) >= 11 is 11.9. The third-order valence-corrected chi connectivity index (χ3v) is 3.89. The van der Waals surface area contributed by atoms with E-state index >= 15 is 0 Å². The molecule has 1 amide bonds. The number of nitrogens with zero attached hydrogens (tertiary/aromatic N) is 1. The van der Waals surface area contributed by atoms with Crippen molar-refractivity contribution in [2.24, 2.45) is 0 Å². The first-order valence-electron chi connectivity index (χ1n) is 7.61. The number of hydrogen-bond acceptors (Lipinski definition) is 3. The van der Waals surface area contributed by atoms with Gasteiger partial charge in [-0.2, -0.15) is 0 Å². The van der Waals surface area contributed by atoms with Crippen molar-refractivity contribution in [2.45, 2.75) is 6.54 Å². The largest absolute Gasteiger partial charge is 0.348 e. The van der Waals surface area contributed by atoms with Crippen molar-refractivity contribution in [1.82, 2.24) is 10.3 Å². The molecule has 0 radical (unpaired) electrons. The fourth-order valence-electron chi connectivity index (χ4n) is 2.26. The molecule has 3 rings (SSSR count). The molecule has 0 spiro atoms. The first kappa shape index (κ1) is 17.3. The van der Waals surface area contributed by atoms with Gasteiger partial charge in [0.05, 0.1) is 5.56 Å². The summed E-state index contributed by atoms with van der Waals surface area (Å²) < 4.78 is 0. The van der Waals surface area contributed by atoms with Gasteiger partial charge in [0.15, 0.2) is 0 Å². The van der Waals surface area contributed by atoms with Crippen LogP contribution in [-0.2, 0) is 6.54 Å². The minimum absolute atomic E-state index is 0.172. The molecule has 0 aliphatic heterocycles. The van der Waals surface area contributed by atoms with Crippen molar-refractivity contribution in [3.8, 4) is 0 Å². The number of pyridine rings is 1. The van der Waals surface area contributed by atoms with Crippen molar-refractivity contribution >= 4 is 40.6 Å². The molecule has 2 aromatic carbocycles. The molecular formula is C19H15Cl2N3O. The lowest BCUT2D eigenvalue weighted by Gasteiger charge is -2.08. The van der Waals surface area contributed by atoms with Crippen LogP contribution in [0.3, 0.4) is 0 Å². The van der Waals surface area contributed by atoms with E-state index in [1.165, 1.54) is 6.20 Å². The summed E-state index contributed by atoms with van der Waals surface area (Å²) in [6.07, 6.45) is 1.52. The van der Waals surface area contributed by atoms with Crippen LogP contribution in [0.2, 0.25) is 10.0 Å². The number of nitrogens with one attached hydrogen (secondary N) is 2. The van der Waals surface area contributed by atoms with Crippen LogP contribution in [0.4, 0.5) is 11.5 Å². The second-order valence-corrected chi connectivity index (χ2v) is 6.26. The summed E-state index contributed by atoms with van der Waals surface area (Å²) in [6, 6.07) is 18.3. The Hall–Kier alpha value is -2.56. The van der Waals surface area contributed by atoms with E-state index in [1.807, 2.05) is 30.3 Å². The van der Waals surface area contributed by atoms with Gasteiger partial charge < -0.3 is 10.6 Å². The topological polar surface area (TPSA) is 54.0 Å². The third-order valence-electron chi connectivity index (χ3n) is 3.46. The normalized spacial score (nSPS) is 10.3. The van der Waals surface area contributed by atoms with Gasteiger partial charge in [-0.3, -0.25) is 4.79 Å². The number of hydrogen-bond donors (Lipinski definition) is 2. The number of halogens is 2. The quantitative estimate of drug-likeness (QED) is 0.658. The molecule has 0 aliphatic rings. The minimum Gasteiger partial charge on any atom is -0.348 e. The van der Waals surface area contributed by atoms with Gasteiger partial charge in [0, 0.05) is 28.5 Å². The first-order valence-corrected chi connectivity index (χ1v) is 8.37. The van der Waals surface area contributed by atoms with E-state index in [1.54, 1.807) is 30.3 Å². The Kier molecular flexibility index (Phi) is 5.53. The van der Waals surface area contributed by atoms with Crippen LogP contribution in [0.5, 0.6) is 0 Å². The summed E-state index contributed by atoms with van der Waals surface area (Å²) in [4.78, 5) is 16.4. The fourth-order valence-corrected chi connectivity index (χ4v) is 2.78. The summed E-state index contributed by atoms with van der Waals surface area (Å²) in [5, 5.41) is 7.03. The lowest BCUT2D eigenvalue weighted by Crippen LogP contribution is -2.22. The first-order chi connectivity index (χ1) is 12.1. The Morgan fingerprint density at radius 2 is 1.68 bits per heavy atom. The van der Waals surface area contributed by atoms with E-state index in [-0.39, 0.29) is 5.91 Å². The lowest BCUT2D eigenvalue weighted by atomic mass is 10.2. The molecule has 0 unspecified atom stereocenters. The molecule has 4 nitrogen and oxygen atoms in total. The Labute approximate surface area is 155 Å². The standard InChI is InChI=1S/C19H15Cl2N3O/c20-15-8-16(21)10-17(9-15)24-18-7-6-14(12-22-18)19(25)23-11-13-4-2-1-3-5-13/h1-10,12H,11H2,(H,22,24)(H,23,25). The average Bonchev–Trinajstić information content (AvgIpc) is 2.60. The molecule has 6 heteroatoms. The summed E-state index contributed by atoms with van der Waals surface area (Å²) in [5.74, 6) is 0.423. The van der Waals surface area contributed by atoms with Gasteiger partial charge >= 0.3 is 0 Å². The number of rotatable bonds is 5. The second kappa shape index (κ2) is 8.01. The van der Waals surface area contributed by atoms with Crippen LogP contribution < -0.4 is 10.6 Å². The molecule has 126 valence electrons. The van der Waals surface area contributed by atoms with Gasteiger partial charge in [0.2, 0.25) is 0 Å². The zero-order valence-corrected chi connectivity index (χ0v) is 14.7. The van der Waals surface area contributed by atoms with E-state index in [0.717, 1.165) is 11.3 Å². The van der Waals surface area contributed by atoms with Crippen LogP contribution >= 0.6 is 23.2 Å². The van der Waals surface area contributed by atoms with E-state index in [9.17, 15) is 4.79 Å². The van der Waals surface area contributed by atoms with Crippen molar-refractivity contribution in [1.29, 1.82) is 0 Å². The smallest absolute Gasteiger partial charge is 0.253 e.